The van der Waals surface area contributed by atoms with E-state index in [0.29, 0.717) is 24.8 Å². The van der Waals surface area contributed by atoms with Crippen LogP contribution in [-0.4, -0.2) is 21.6 Å². The molecule has 2 N–H and O–H groups in total. The van der Waals surface area contributed by atoms with Gasteiger partial charge in [-0.3, -0.25) is 4.90 Å². The highest BCUT2D eigenvalue weighted by Crippen LogP contribution is 2.09. The van der Waals surface area contributed by atoms with Crippen LogP contribution < -0.4 is 5.73 Å². The summed E-state index contributed by atoms with van der Waals surface area (Å²) in [5, 5.41) is 3.94. The molecule has 2 rings (SSSR count). The molecule has 0 bridgehead atoms. The Hall–Kier alpha value is -1.72. The molecule has 0 spiro atoms. The van der Waals surface area contributed by atoms with Crippen molar-refractivity contribution in [3.8, 4) is 0 Å². The SMILES string of the molecule is CCCN(Cc1ccccc1)Cc1noc(CN)n1. The maximum absolute atomic E-state index is 5.47. The first-order valence-electron chi connectivity index (χ1n) is 6.59. The predicted molar refractivity (Wildman–Crippen MR) is 73.0 cm³/mol. The van der Waals surface area contributed by atoms with Crippen molar-refractivity contribution in [2.45, 2.75) is 33.0 Å². The molecule has 102 valence electrons. The Morgan fingerprint density at radius 2 is 2.00 bits per heavy atom. The van der Waals surface area contributed by atoms with Crippen molar-refractivity contribution in [1.29, 1.82) is 0 Å². The van der Waals surface area contributed by atoms with E-state index in [9.17, 15) is 0 Å². The number of nitrogens with zero attached hydrogens (tertiary/aromatic N) is 3. The summed E-state index contributed by atoms with van der Waals surface area (Å²) in [6.07, 6.45) is 1.09. The van der Waals surface area contributed by atoms with Gasteiger partial charge in [0.05, 0.1) is 13.1 Å². The van der Waals surface area contributed by atoms with E-state index < -0.39 is 0 Å². The minimum Gasteiger partial charge on any atom is -0.338 e. The van der Waals surface area contributed by atoms with Crippen molar-refractivity contribution in [2.75, 3.05) is 6.54 Å². The second-order valence-corrected chi connectivity index (χ2v) is 4.50. The van der Waals surface area contributed by atoms with Gasteiger partial charge in [0.2, 0.25) is 5.89 Å². The van der Waals surface area contributed by atoms with Crippen molar-refractivity contribution in [1.82, 2.24) is 15.0 Å². The van der Waals surface area contributed by atoms with Gasteiger partial charge < -0.3 is 10.3 Å². The Kier molecular flexibility index (Phi) is 5.06. The molecular weight excluding hydrogens is 240 g/mol. The van der Waals surface area contributed by atoms with Crippen molar-refractivity contribution in [3.05, 3.63) is 47.6 Å². The lowest BCUT2D eigenvalue weighted by Gasteiger charge is -2.19. The van der Waals surface area contributed by atoms with Crippen LogP contribution in [0.25, 0.3) is 0 Å². The number of hydrogen-bond acceptors (Lipinski definition) is 5. The lowest BCUT2D eigenvalue weighted by molar-refractivity contribution is 0.246. The van der Waals surface area contributed by atoms with Crippen LogP contribution in [0.4, 0.5) is 0 Å². The normalized spacial score (nSPS) is 11.1. The number of benzene rings is 1. The molecule has 0 saturated heterocycles. The molecule has 5 heteroatoms. The minimum atomic E-state index is 0.291. The van der Waals surface area contributed by atoms with Gasteiger partial charge in [0.1, 0.15) is 0 Å². The summed E-state index contributed by atoms with van der Waals surface area (Å²) in [7, 11) is 0. The molecule has 0 saturated carbocycles. The summed E-state index contributed by atoms with van der Waals surface area (Å²) >= 11 is 0. The average Bonchev–Trinajstić information content (AvgIpc) is 2.88. The van der Waals surface area contributed by atoms with Crippen LogP contribution in [0.5, 0.6) is 0 Å². The summed E-state index contributed by atoms with van der Waals surface area (Å²) < 4.78 is 5.03. The van der Waals surface area contributed by atoms with Crippen LogP contribution in [-0.2, 0) is 19.6 Å². The van der Waals surface area contributed by atoms with Crippen molar-refractivity contribution in [2.24, 2.45) is 5.73 Å². The second kappa shape index (κ2) is 7.01. The van der Waals surface area contributed by atoms with Gasteiger partial charge in [-0.1, -0.05) is 42.4 Å². The molecule has 19 heavy (non-hydrogen) atoms. The summed E-state index contributed by atoms with van der Waals surface area (Å²) in [6, 6.07) is 10.4. The van der Waals surface area contributed by atoms with E-state index in [-0.39, 0.29) is 0 Å². The summed E-state index contributed by atoms with van der Waals surface area (Å²) in [6.45, 7) is 5.04. The van der Waals surface area contributed by atoms with Gasteiger partial charge >= 0.3 is 0 Å². The standard InChI is InChI=1S/C14H20N4O/c1-2-8-18(10-12-6-4-3-5-7-12)11-13-16-14(9-15)19-17-13/h3-7H,2,8-11,15H2,1H3. The topological polar surface area (TPSA) is 68.2 Å². The summed E-state index contributed by atoms with van der Waals surface area (Å²) in [5.41, 5.74) is 6.76. The molecule has 1 aromatic heterocycles. The third-order valence-electron chi connectivity index (χ3n) is 2.84. The molecule has 0 aliphatic carbocycles. The van der Waals surface area contributed by atoms with Crippen LogP contribution >= 0.6 is 0 Å². The van der Waals surface area contributed by atoms with Crippen LogP contribution in [0.3, 0.4) is 0 Å². The minimum absolute atomic E-state index is 0.291. The molecule has 0 aliphatic rings. The zero-order valence-electron chi connectivity index (χ0n) is 11.2. The molecule has 5 nitrogen and oxygen atoms in total. The molecule has 1 aromatic carbocycles. The number of nitrogens with two attached hydrogens (primary N) is 1. The highest BCUT2D eigenvalue weighted by atomic mass is 16.5. The maximum Gasteiger partial charge on any atom is 0.240 e. The van der Waals surface area contributed by atoms with Gasteiger partial charge in [-0.05, 0) is 18.5 Å². The Morgan fingerprint density at radius 1 is 1.21 bits per heavy atom. The van der Waals surface area contributed by atoms with Crippen molar-refractivity contribution < 1.29 is 4.52 Å². The quantitative estimate of drug-likeness (QED) is 0.824. The first-order chi connectivity index (χ1) is 9.31. The Bertz CT molecular complexity index is 483. The molecule has 0 amide bonds. The number of aromatic nitrogens is 2. The summed E-state index contributed by atoms with van der Waals surface area (Å²) in [5.74, 6) is 1.19. The molecule has 1 heterocycles. The van der Waals surface area contributed by atoms with Gasteiger partial charge in [-0.15, -0.1) is 0 Å². The van der Waals surface area contributed by atoms with E-state index in [0.717, 1.165) is 19.5 Å². The first kappa shape index (κ1) is 13.7. The average molecular weight is 260 g/mol. The van der Waals surface area contributed by atoms with Crippen molar-refractivity contribution in [3.63, 3.8) is 0 Å². The van der Waals surface area contributed by atoms with Crippen LogP contribution in [0.1, 0.15) is 30.6 Å². The number of rotatable bonds is 7. The summed E-state index contributed by atoms with van der Waals surface area (Å²) in [4.78, 5) is 6.55. The Balaban J connectivity index is 1.99. The molecule has 0 atom stereocenters. The molecule has 0 unspecified atom stereocenters. The fraction of sp³-hybridized carbons (Fsp3) is 0.429. The third-order valence-corrected chi connectivity index (χ3v) is 2.84. The van der Waals surface area contributed by atoms with Crippen LogP contribution in [0, 0.1) is 0 Å². The molecule has 0 radical (unpaired) electrons. The van der Waals surface area contributed by atoms with Gasteiger partial charge in [0.15, 0.2) is 5.82 Å². The maximum atomic E-state index is 5.47. The molecule has 2 aromatic rings. The van der Waals surface area contributed by atoms with E-state index in [2.05, 4.69) is 46.2 Å². The molecule has 0 aliphatic heterocycles. The Morgan fingerprint density at radius 3 is 2.63 bits per heavy atom. The van der Waals surface area contributed by atoms with Crippen LogP contribution in [0.15, 0.2) is 34.9 Å². The van der Waals surface area contributed by atoms with E-state index in [1.54, 1.807) is 0 Å². The lowest BCUT2D eigenvalue weighted by atomic mass is 10.2. The van der Waals surface area contributed by atoms with E-state index in [1.165, 1.54) is 5.56 Å². The van der Waals surface area contributed by atoms with E-state index >= 15 is 0 Å². The molecule has 0 fully saturated rings. The third kappa shape index (κ3) is 4.15. The molecular formula is C14H20N4O. The monoisotopic (exact) mass is 260 g/mol. The highest BCUT2D eigenvalue weighted by Gasteiger charge is 2.11. The largest absolute Gasteiger partial charge is 0.338 e. The zero-order chi connectivity index (χ0) is 13.5. The van der Waals surface area contributed by atoms with Gasteiger partial charge in [-0.2, -0.15) is 4.98 Å². The van der Waals surface area contributed by atoms with Crippen LogP contribution in [0.2, 0.25) is 0 Å². The van der Waals surface area contributed by atoms with Gasteiger partial charge in [-0.25, -0.2) is 0 Å². The fourth-order valence-corrected chi connectivity index (χ4v) is 2.01. The van der Waals surface area contributed by atoms with Gasteiger partial charge in [0.25, 0.3) is 0 Å². The Labute approximate surface area is 113 Å². The number of hydrogen-bond donors (Lipinski definition) is 1. The lowest BCUT2D eigenvalue weighted by Crippen LogP contribution is -2.24. The highest BCUT2D eigenvalue weighted by molar-refractivity contribution is 5.14. The van der Waals surface area contributed by atoms with Crippen molar-refractivity contribution >= 4 is 0 Å². The second-order valence-electron chi connectivity index (χ2n) is 4.50. The fourth-order valence-electron chi connectivity index (χ4n) is 2.01. The van der Waals surface area contributed by atoms with E-state index in [4.69, 9.17) is 10.3 Å². The predicted octanol–water partition coefficient (Wildman–Crippen LogP) is 1.94. The smallest absolute Gasteiger partial charge is 0.240 e. The van der Waals surface area contributed by atoms with Gasteiger partial charge in [0, 0.05) is 6.54 Å². The van der Waals surface area contributed by atoms with E-state index in [1.807, 2.05) is 6.07 Å². The first-order valence-corrected chi connectivity index (χ1v) is 6.59. The zero-order valence-corrected chi connectivity index (χ0v) is 11.2.